The van der Waals surface area contributed by atoms with Crippen LogP contribution < -0.4 is 5.32 Å². The van der Waals surface area contributed by atoms with E-state index in [1.807, 2.05) is 0 Å². The molecular formula is C18H31N3. The van der Waals surface area contributed by atoms with Crippen LogP contribution in [0.4, 0.5) is 5.82 Å². The van der Waals surface area contributed by atoms with Crippen molar-refractivity contribution < 1.29 is 0 Å². The zero-order valence-electron chi connectivity index (χ0n) is 14.1. The maximum Gasteiger partial charge on any atom is 0.125 e. The molecule has 1 aromatic rings. The van der Waals surface area contributed by atoms with Crippen LogP contribution in [-0.4, -0.2) is 29.5 Å². The van der Waals surface area contributed by atoms with Crippen molar-refractivity contribution in [3.63, 3.8) is 0 Å². The Balaban J connectivity index is 2.01. The summed E-state index contributed by atoms with van der Waals surface area (Å²) in [7, 11) is 0. The van der Waals surface area contributed by atoms with E-state index in [2.05, 4.69) is 61.2 Å². The summed E-state index contributed by atoms with van der Waals surface area (Å²) in [6.07, 6.45) is 6.02. The van der Waals surface area contributed by atoms with Gasteiger partial charge in [0.15, 0.2) is 0 Å². The molecule has 1 fully saturated rings. The van der Waals surface area contributed by atoms with Crippen molar-refractivity contribution >= 4 is 5.82 Å². The molecular weight excluding hydrogens is 258 g/mol. The minimum atomic E-state index is 0.563. The zero-order chi connectivity index (χ0) is 15.2. The second kappa shape index (κ2) is 7.79. The van der Waals surface area contributed by atoms with Gasteiger partial charge in [-0.1, -0.05) is 40.2 Å². The van der Waals surface area contributed by atoms with Gasteiger partial charge in [0.2, 0.25) is 0 Å². The normalized spacial score (nSPS) is 20.2. The minimum Gasteiger partial charge on any atom is -0.370 e. The summed E-state index contributed by atoms with van der Waals surface area (Å²) >= 11 is 0. The molecule has 2 rings (SSSR count). The van der Waals surface area contributed by atoms with Gasteiger partial charge in [0.25, 0.3) is 0 Å². The Morgan fingerprint density at radius 1 is 1.19 bits per heavy atom. The van der Waals surface area contributed by atoms with Crippen molar-refractivity contribution in [1.82, 2.24) is 9.88 Å². The molecule has 21 heavy (non-hydrogen) atoms. The maximum atomic E-state index is 4.60. The van der Waals surface area contributed by atoms with Gasteiger partial charge >= 0.3 is 0 Å². The van der Waals surface area contributed by atoms with Gasteiger partial charge < -0.3 is 5.32 Å². The molecule has 1 N–H and O–H groups in total. The minimum absolute atomic E-state index is 0.563. The summed E-state index contributed by atoms with van der Waals surface area (Å²) in [6.45, 7) is 12.5. The van der Waals surface area contributed by atoms with Gasteiger partial charge in [-0.15, -0.1) is 0 Å². The molecule has 0 bridgehead atoms. The molecule has 0 radical (unpaired) electrons. The summed E-state index contributed by atoms with van der Waals surface area (Å²) in [5.41, 5.74) is 1.38. The van der Waals surface area contributed by atoms with E-state index in [1.54, 1.807) is 0 Å². The second-order valence-corrected chi connectivity index (χ2v) is 7.15. The number of aromatic nitrogens is 1. The molecule has 1 saturated heterocycles. The van der Waals surface area contributed by atoms with Crippen LogP contribution >= 0.6 is 0 Å². The van der Waals surface area contributed by atoms with Crippen LogP contribution in [0.5, 0.6) is 0 Å². The average Bonchev–Trinajstić information content (AvgIpc) is 2.46. The summed E-state index contributed by atoms with van der Waals surface area (Å²) in [6, 6.07) is 4.96. The highest BCUT2D eigenvalue weighted by Gasteiger charge is 2.24. The number of likely N-dealkylation sites (tertiary alicyclic amines) is 1. The number of rotatable bonds is 6. The molecule has 3 heteroatoms. The van der Waals surface area contributed by atoms with Gasteiger partial charge in [0.1, 0.15) is 5.82 Å². The van der Waals surface area contributed by atoms with E-state index >= 15 is 0 Å². The van der Waals surface area contributed by atoms with Gasteiger partial charge in [-0.2, -0.15) is 0 Å². The maximum absolute atomic E-state index is 4.60. The highest BCUT2D eigenvalue weighted by molar-refractivity contribution is 5.36. The van der Waals surface area contributed by atoms with Gasteiger partial charge in [0, 0.05) is 25.3 Å². The quantitative estimate of drug-likeness (QED) is 0.844. The zero-order valence-corrected chi connectivity index (χ0v) is 14.1. The van der Waals surface area contributed by atoms with Crippen molar-refractivity contribution in [3.05, 3.63) is 23.9 Å². The SMILES string of the molecule is CC(C)CNc1ccc([C@@H]2CCCCN2CC(C)C)cn1. The average molecular weight is 289 g/mol. The van der Waals surface area contributed by atoms with E-state index in [-0.39, 0.29) is 0 Å². The third-order valence-corrected chi connectivity index (χ3v) is 4.08. The number of nitrogens with one attached hydrogen (secondary N) is 1. The molecule has 118 valence electrons. The Kier molecular flexibility index (Phi) is 6.04. The summed E-state index contributed by atoms with van der Waals surface area (Å²) in [5, 5.41) is 3.39. The van der Waals surface area contributed by atoms with E-state index < -0.39 is 0 Å². The van der Waals surface area contributed by atoms with Gasteiger partial charge in [-0.3, -0.25) is 4.90 Å². The first-order chi connectivity index (χ1) is 10.1. The van der Waals surface area contributed by atoms with Gasteiger partial charge in [-0.25, -0.2) is 4.98 Å². The molecule has 1 atom stereocenters. The molecule has 0 aromatic carbocycles. The van der Waals surface area contributed by atoms with Gasteiger partial charge in [-0.05, 0) is 42.9 Å². The Morgan fingerprint density at radius 3 is 2.62 bits per heavy atom. The molecule has 1 aromatic heterocycles. The molecule has 0 aliphatic carbocycles. The lowest BCUT2D eigenvalue weighted by atomic mass is 9.95. The first-order valence-electron chi connectivity index (χ1n) is 8.50. The standard InChI is InChI=1S/C18H31N3/c1-14(2)11-19-18-9-8-16(12-20-18)17-7-5-6-10-21(17)13-15(3)4/h8-9,12,14-15,17H,5-7,10-11,13H2,1-4H3,(H,19,20)/t17-/m0/s1. The highest BCUT2D eigenvalue weighted by Crippen LogP contribution is 2.31. The summed E-state index contributed by atoms with van der Waals surface area (Å²) in [4.78, 5) is 7.25. The molecule has 1 aliphatic rings. The number of piperidine rings is 1. The van der Waals surface area contributed by atoms with E-state index in [0.717, 1.165) is 18.3 Å². The Morgan fingerprint density at radius 2 is 2.00 bits per heavy atom. The Bertz CT molecular complexity index is 411. The lowest BCUT2D eigenvalue weighted by Gasteiger charge is -2.37. The van der Waals surface area contributed by atoms with Crippen LogP contribution in [0, 0.1) is 11.8 Å². The number of anilines is 1. The Labute approximate surface area is 130 Å². The third kappa shape index (κ3) is 4.99. The smallest absolute Gasteiger partial charge is 0.125 e. The van der Waals surface area contributed by atoms with Crippen molar-refractivity contribution in [2.45, 2.75) is 53.0 Å². The van der Waals surface area contributed by atoms with Crippen molar-refractivity contribution in [1.29, 1.82) is 0 Å². The fourth-order valence-electron chi connectivity index (χ4n) is 3.07. The van der Waals surface area contributed by atoms with Crippen LogP contribution in [0.2, 0.25) is 0 Å². The van der Waals surface area contributed by atoms with Crippen molar-refractivity contribution in [3.8, 4) is 0 Å². The molecule has 0 amide bonds. The predicted molar refractivity (Wildman–Crippen MR) is 90.6 cm³/mol. The van der Waals surface area contributed by atoms with Crippen LogP contribution in [0.3, 0.4) is 0 Å². The van der Waals surface area contributed by atoms with Crippen LogP contribution in [0.1, 0.15) is 58.6 Å². The highest BCUT2D eigenvalue weighted by atomic mass is 15.2. The summed E-state index contributed by atoms with van der Waals surface area (Å²) < 4.78 is 0. The number of hydrogen-bond donors (Lipinski definition) is 1. The first kappa shape index (κ1) is 16.3. The van der Waals surface area contributed by atoms with Crippen molar-refractivity contribution in [2.24, 2.45) is 11.8 Å². The van der Waals surface area contributed by atoms with Gasteiger partial charge in [0.05, 0.1) is 0 Å². The monoisotopic (exact) mass is 289 g/mol. The Hall–Kier alpha value is -1.09. The van der Waals surface area contributed by atoms with Crippen LogP contribution in [-0.2, 0) is 0 Å². The predicted octanol–water partition coefficient (Wildman–Crippen LogP) is 4.33. The van der Waals surface area contributed by atoms with E-state index in [1.165, 1.54) is 37.9 Å². The number of nitrogens with zero attached hydrogens (tertiary/aromatic N) is 2. The lowest BCUT2D eigenvalue weighted by Crippen LogP contribution is -2.36. The second-order valence-electron chi connectivity index (χ2n) is 7.15. The largest absolute Gasteiger partial charge is 0.370 e. The fourth-order valence-corrected chi connectivity index (χ4v) is 3.07. The van der Waals surface area contributed by atoms with E-state index in [9.17, 15) is 0 Å². The van der Waals surface area contributed by atoms with Crippen molar-refractivity contribution in [2.75, 3.05) is 25.0 Å². The lowest BCUT2D eigenvalue weighted by molar-refractivity contribution is 0.132. The topological polar surface area (TPSA) is 28.2 Å². The molecule has 0 unspecified atom stereocenters. The molecule has 0 spiro atoms. The van der Waals surface area contributed by atoms with Crippen LogP contribution in [0.15, 0.2) is 18.3 Å². The number of pyridine rings is 1. The first-order valence-corrected chi connectivity index (χ1v) is 8.50. The molecule has 3 nitrogen and oxygen atoms in total. The van der Waals surface area contributed by atoms with E-state index in [4.69, 9.17) is 0 Å². The fraction of sp³-hybridized carbons (Fsp3) is 0.722. The summed E-state index contributed by atoms with van der Waals surface area (Å²) in [5.74, 6) is 2.37. The number of hydrogen-bond acceptors (Lipinski definition) is 3. The molecule has 2 heterocycles. The third-order valence-electron chi connectivity index (χ3n) is 4.08. The molecule has 1 aliphatic heterocycles. The van der Waals surface area contributed by atoms with E-state index in [0.29, 0.717) is 12.0 Å². The molecule has 0 saturated carbocycles. The van der Waals surface area contributed by atoms with Crippen LogP contribution in [0.25, 0.3) is 0 Å².